The second-order valence-corrected chi connectivity index (χ2v) is 11.8. The van der Waals surface area contributed by atoms with E-state index in [0.29, 0.717) is 30.6 Å². The fraction of sp³-hybridized carbons (Fsp3) is 0.679. The molecule has 1 spiro atoms. The number of amides is 1. The quantitative estimate of drug-likeness (QED) is 0.428. The summed E-state index contributed by atoms with van der Waals surface area (Å²) < 4.78 is 18.3. The molecule has 1 heterocycles. The molecule has 5 aliphatic rings. The monoisotopic (exact) mass is 514 g/mol. The lowest BCUT2D eigenvalue weighted by atomic mass is 9.37. The van der Waals surface area contributed by atoms with Gasteiger partial charge in [-0.15, -0.1) is 0 Å². The second kappa shape index (κ2) is 9.19. The maximum atomic E-state index is 12.9. The number of hydrogen-bond donors (Lipinski definition) is 3. The third kappa shape index (κ3) is 3.80. The Morgan fingerprint density at radius 3 is 2.68 bits per heavy atom. The van der Waals surface area contributed by atoms with Crippen LogP contribution in [0.3, 0.4) is 0 Å². The van der Waals surface area contributed by atoms with Crippen LogP contribution < -0.4 is 20.5 Å². The number of carbonyl (C=O) groups is 3. The smallest absolute Gasteiger partial charge is 0.326 e. The minimum atomic E-state index is -1.10. The number of ether oxygens (including phenoxy) is 3. The Morgan fingerprint density at radius 2 is 2.03 bits per heavy atom. The Kier molecular flexibility index (Phi) is 6.41. The van der Waals surface area contributed by atoms with E-state index in [0.717, 1.165) is 25.0 Å². The van der Waals surface area contributed by atoms with Gasteiger partial charge in [0.05, 0.1) is 13.5 Å². The van der Waals surface area contributed by atoms with E-state index >= 15 is 0 Å². The van der Waals surface area contributed by atoms with E-state index in [-0.39, 0.29) is 35.7 Å². The molecule has 0 radical (unpaired) electrons. The van der Waals surface area contributed by atoms with Crippen molar-refractivity contribution in [3.63, 3.8) is 0 Å². The predicted molar refractivity (Wildman–Crippen MR) is 134 cm³/mol. The number of nitrogens with one attached hydrogen (secondary N) is 1. The molecule has 0 aromatic heterocycles. The number of esters is 1. The van der Waals surface area contributed by atoms with E-state index in [1.807, 2.05) is 6.07 Å². The molecule has 202 valence electrons. The molecule has 7 unspecified atom stereocenters. The maximum absolute atomic E-state index is 12.9. The lowest BCUT2D eigenvalue weighted by Gasteiger charge is -2.66. The van der Waals surface area contributed by atoms with Gasteiger partial charge in [-0.2, -0.15) is 0 Å². The molecule has 37 heavy (non-hydrogen) atoms. The standard InChI is InChI=1S/C28H38N2O7/c1-14(2)22(26(33)34)30-19(31)7-8-20(32)36-18-9-10-27(13-29)12-28-21-16(11-15(3)24(27)28)5-6-17(35-4)23(21)37-25(18)28/h5-6,14-15,18,22,24-25H,7-13,29H2,1-4H3,(H,30,31)(H,33,34). The summed E-state index contributed by atoms with van der Waals surface area (Å²) in [7, 11) is 1.64. The summed E-state index contributed by atoms with van der Waals surface area (Å²) in [5.74, 6) is -0.106. The molecule has 1 aliphatic heterocycles. The molecule has 3 fully saturated rings. The van der Waals surface area contributed by atoms with Gasteiger partial charge < -0.3 is 30.4 Å². The number of carboxylic acid groups (broad SMARTS) is 1. The van der Waals surface area contributed by atoms with E-state index < -0.39 is 30.0 Å². The average Bonchev–Trinajstić information content (AvgIpc) is 3.07. The summed E-state index contributed by atoms with van der Waals surface area (Å²) in [4.78, 5) is 36.7. The zero-order valence-electron chi connectivity index (χ0n) is 22.0. The third-order valence-corrected chi connectivity index (χ3v) is 9.38. The van der Waals surface area contributed by atoms with Crippen LogP contribution in [0.1, 0.15) is 64.0 Å². The number of carbonyl (C=O) groups excluding carboxylic acids is 2. The molecule has 1 amide bonds. The van der Waals surface area contributed by atoms with Gasteiger partial charge in [-0.05, 0) is 67.0 Å². The number of rotatable bonds is 9. The molecule has 9 nitrogen and oxygen atoms in total. The zero-order valence-corrected chi connectivity index (χ0v) is 22.0. The molecule has 2 bridgehead atoms. The fourth-order valence-corrected chi connectivity index (χ4v) is 8.11. The molecular formula is C28H38N2O7. The first-order chi connectivity index (χ1) is 17.6. The van der Waals surface area contributed by atoms with E-state index in [1.54, 1.807) is 21.0 Å². The fourth-order valence-electron chi connectivity index (χ4n) is 8.11. The first kappa shape index (κ1) is 25.8. The summed E-state index contributed by atoms with van der Waals surface area (Å²) in [6.45, 7) is 6.33. The van der Waals surface area contributed by atoms with E-state index in [1.165, 1.54) is 11.1 Å². The van der Waals surface area contributed by atoms with Gasteiger partial charge in [0.15, 0.2) is 11.5 Å². The van der Waals surface area contributed by atoms with Gasteiger partial charge in [0.2, 0.25) is 5.91 Å². The summed E-state index contributed by atoms with van der Waals surface area (Å²) in [6.07, 6.45) is 2.32. The molecule has 9 heteroatoms. The van der Waals surface area contributed by atoms with Gasteiger partial charge in [-0.3, -0.25) is 9.59 Å². The van der Waals surface area contributed by atoms with Crippen molar-refractivity contribution in [2.75, 3.05) is 13.7 Å². The molecule has 7 atom stereocenters. The molecule has 4 aliphatic carbocycles. The van der Waals surface area contributed by atoms with Crippen LogP contribution in [0.15, 0.2) is 12.1 Å². The van der Waals surface area contributed by atoms with Crippen molar-refractivity contribution in [2.24, 2.45) is 28.9 Å². The second-order valence-electron chi connectivity index (χ2n) is 11.8. The lowest BCUT2D eigenvalue weighted by molar-refractivity contribution is -0.164. The Bertz CT molecular complexity index is 1120. The molecule has 4 N–H and O–H groups in total. The van der Waals surface area contributed by atoms with Crippen molar-refractivity contribution in [1.82, 2.24) is 5.32 Å². The number of nitrogens with two attached hydrogens (primary N) is 1. The highest BCUT2D eigenvalue weighted by Gasteiger charge is 2.75. The van der Waals surface area contributed by atoms with E-state index in [2.05, 4.69) is 18.3 Å². The normalized spacial score (nSPS) is 33.4. The SMILES string of the molecule is COc1ccc2c3c1OC1C(OC(=O)CCC(=O)NC(C(=O)O)C(C)C)CCC4(CN)CC31C4C(C)C2. The summed E-state index contributed by atoms with van der Waals surface area (Å²) in [5.41, 5.74) is 8.61. The Hall–Kier alpha value is -2.81. The third-order valence-electron chi connectivity index (χ3n) is 9.38. The first-order valence-electron chi connectivity index (χ1n) is 13.4. The van der Waals surface area contributed by atoms with Gasteiger partial charge in [-0.25, -0.2) is 4.79 Å². The Labute approximate surface area is 217 Å². The van der Waals surface area contributed by atoms with Gasteiger partial charge >= 0.3 is 11.9 Å². The van der Waals surface area contributed by atoms with Crippen molar-refractivity contribution in [3.8, 4) is 11.5 Å². The summed E-state index contributed by atoms with van der Waals surface area (Å²) >= 11 is 0. The Balaban J connectivity index is 1.35. The predicted octanol–water partition coefficient (Wildman–Crippen LogP) is 2.56. The van der Waals surface area contributed by atoms with Gasteiger partial charge in [0.1, 0.15) is 18.2 Å². The number of benzene rings is 1. The first-order valence-corrected chi connectivity index (χ1v) is 13.4. The molecular weight excluding hydrogens is 476 g/mol. The van der Waals surface area contributed by atoms with Crippen LogP contribution in [0.25, 0.3) is 0 Å². The maximum Gasteiger partial charge on any atom is 0.326 e. The van der Waals surface area contributed by atoms with E-state index in [4.69, 9.17) is 19.9 Å². The number of carboxylic acids is 1. The van der Waals surface area contributed by atoms with Crippen LogP contribution in [0, 0.1) is 23.2 Å². The summed E-state index contributed by atoms with van der Waals surface area (Å²) in [5, 5.41) is 11.8. The summed E-state index contributed by atoms with van der Waals surface area (Å²) in [6, 6.07) is 3.10. The number of methoxy groups -OCH3 is 1. The molecule has 3 saturated carbocycles. The largest absolute Gasteiger partial charge is 0.493 e. The minimum Gasteiger partial charge on any atom is -0.493 e. The zero-order chi connectivity index (χ0) is 26.7. The van der Waals surface area contributed by atoms with Crippen molar-refractivity contribution in [3.05, 3.63) is 23.3 Å². The number of fused-ring (bicyclic) bond motifs is 2. The van der Waals surface area contributed by atoms with Crippen molar-refractivity contribution >= 4 is 17.8 Å². The van der Waals surface area contributed by atoms with Crippen LogP contribution in [0.4, 0.5) is 0 Å². The van der Waals surface area contributed by atoms with Crippen LogP contribution in [-0.2, 0) is 31.0 Å². The van der Waals surface area contributed by atoms with Crippen molar-refractivity contribution in [2.45, 2.75) is 83.0 Å². The van der Waals surface area contributed by atoms with Crippen LogP contribution in [0.2, 0.25) is 0 Å². The van der Waals surface area contributed by atoms with Crippen LogP contribution >= 0.6 is 0 Å². The highest BCUT2D eigenvalue weighted by Crippen LogP contribution is 2.75. The molecule has 1 aromatic carbocycles. The van der Waals surface area contributed by atoms with Crippen LogP contribution in [-0.4, -0.2) is 54.9 Å². The van der Waals surface area contributed by atoms with Crippen molar-refractivity contribution in [1.29, 1.82) is 0 Å². The lowest BCUT2D eigenvalue weighted by Crippen LogP contribution is -2.69. The Morgan fingerprint density at radius 1 is 1.27 bits per heavy atom. The van der Waals surface area contributed by atoms with Gasteiger partial charge in [0, 0.05) is 17.4 Å². The highest BCUT2D eigenvalue weighted by molar-refractivity contribution is 5.86. The minimum absolute atomic E-state index is 0.00681. The molecule has 6 rings (SSSR count). The van der Waals surface area contributed by atoms with Crippen molar-refractivity contribution < 1.29 is 33.7 Å². The van der Waals surface area contributed by atoms with Gasteiger partial charge in [-0.1, -0.05) is 26.8 Å². The number of aliphatic carboxylic acids is 1. The molecule has 0 saturated heterocycles. The average molecular weight is 515 g/mol. The number of hydrogen-bond acceptors (Lipinski definition) is 7. The topological polar surface area (TPSA) is 137 Å². The molecule has 1 aromatic rings. The van der Waals surface area contributed by atoms with E-state index in [9.17, 15) is 19.5 Å². The van der Waals surface area contributed by atoms with Gasteiger partial charge in [0.25, 0.3) is 0 Å². The highest BCUT2D eigenvalue weighted by atomic mass is 16.6. The van der Waals surface area contributed by atoms with Crippen LogP contribution in [0.5, 0.6) is 11.5 Å².